The molecule has 0 aliphatic heterocycles. The molecule has 0 aliphatic rings. The van der Waals surface area contributed by atoms with E-state index in [9.17, 15) is 4.79 Å². The number of nitrogens with one attached hydrogen (secondary N) is 1. The lowest BCUT2D eigenvalue weighted by Gasteiger charge is -2.00. The number of benzene rings is 2. The Labute approximate surface area is 110 Å². The second-order valence-corrected chi connectivity index (χ2v) is 3.91. The molecule has 96 valence electrons. The third-order valence-electron chi connectivity index (χ3n) is 2.45. The van der Waals surface area contributed by atoms with Gasteiger partial charge in [-0.2, -0.15) is 5.10 Å². The molecule has 2 rings (SSSR count). The van der Waals surface area contributed by atoms with Crippen molar-refractivity contribution in [3.63, 3.8) is 0 Å². The fourth-order valence-corrected chi connectivity index (χ4v) is 1.42. The van der Waals surface area contributed by atoms with Crippen molar-refractivity contribution in [2.24, 2.45) is 5.10 Å². The van der Waals surface area contributed by atoms with Gasteiger partial charge < -0.3 is 10.8 Å². The van der Waals surface area contributed by atoms with Gasteiger partial charge in [0.25, 0.3) is 5.91 Å². The molecule has 5 heteroatoms. The summed E-state index contributed by atoms with van der Waals surface area (Å²) in [4.78, 5) is 11.7. The predicted molar refractivity (Wildman–Crippen MR) is 74.0 cm³/mol. The van der Waals surface area contributed by atoms with Gasteiger partial charge in [0, 0.05) is 11.3 Å². The van der Waals surface area contributed by atoms with E-state index in [2.05, 4.69) is 10.5 Å². The molecule has 0 heterocycles. The van der Waals surface area contributed by atoms with Crippen molar-refractivity contribution in [3.05, 3.63) is 59.7 Å². The first kappa shape index (κ1) is 12.6. The number of aromatic hydroxyl groups is 1. The number of phenolic OH excluding ortho intramolecular Hbond substituents is 1. The number of nitrogen functional groups attached to an aromatic ring is 1. The number of carbonyl (C=O) groups is 1. The third-order valence-corrected chi connectivity index (χ3v) is 2.45. The van der Waals surface area contributed by atoms with E-state index in [1.54, 1.807) is 24.3 Å². The Morgan fingerprint density at radius 3 is 2.37 bits per heavy atom. The molecule has 4 N–H and O–H groups in total. The Kier molecular flexibility index (Phi) is 3.78. The van der Waals surface area contributed by atoms with Crippen LogP contribution in [0.25, 0.3) is 0 Å². The van der Waals surface area contributed by atoms with Crippen LogP contribution in [-0.4, -0.2) is 17.2 Å². The molecule has 0 fully saturated rings. The molecule has 0 spiro atoms. The van der Waals surface area contributed by atoms with E-state index >= 15 is 0 Å². The highest BCUT2D eigenvalue weighted by atomic mass is 16.3. The molecule has 0 atom stereocenters. The Hall–Kier alpha value is -2.82. The normalized spacial score (nSPS) is 10.5. The number of hydrogen-bond donors (Lipinski definition) is 3. The van der Waals surface area contributed by atoms with E-state index in [1.165, 1.54) is 30.5 Å². The third kappa shape index (κ3) is 3.57. The van der Waals surface area contributed by atoms with Crippen LogP contribution in [0, 0.1) is 0 Å². The van der Waals surface area contributed by atoms with E-state index < -0.39 is 0 Å². The minimum atomic E-state index is -0.341. The smallest absolute Gasteiger partial charge is 0.271 e. The highest BCUT2D eigenvalue weighted by Gasteiger charge is 2.02. The lowest BCUT2D eigenvalue weighted by molar-refractivity contribution is 0.0955. The molecule has 2 aromatic rings. The molecular weight excluding hydrogens is 242 g/mol. The van der Waals surface area contributed by atoms with Crippen molar-refractivity contribution < 1.29 is 9.90 Å². The standard InChI is InChI=1S/C14H13N3O2/c15-12-5-1-10(2-6-12)9-16-17-14(19)11-3-7-13(18)8-4-11/h1-9,18H,15H2,(H,17,19)/b16-9+. The zero-order chi connectivity index (χ0) is 13.7. The Balaban J connectivity index is 1.96. The van der Waals surface area contributed by atoms with Crippen molar-refractivity contribution in [3.8, 4) is 5.75 Å². The summed E-state index contributed by atoms with van der Waals surface area (Å²) in [5, 5.41) is 13.0. The summed E-state index contributed by atoms with van der Waals surface area (Å²) >= 11 is 0. The molecule has 0 aromatic heterocycles. The van der Waals surface area contributed by atoms with Gasteiger partial charge in [0.1, 0.15) is 5.75 Å². The molecule has 19 heavy (non-hydrogen) atoms. The Bertz CT molecular complexity index is 589. The number of amides is 1. The van der Waals surface area contributed by atoms with Crippen LogP contribution in [0.5, 0.6) is 5.75 Å². The topological polar surface area (TPSA) is 87.7 Å². The van der Waals surface area contributed by atoms with E-state index in [4.69, 9.17) is 10.8 Å². The second-order valence-electron chi connectivity index (χ2n) is 3.91. The average molecular weight is 255 g/mol. The van der Waals surface area contributed by atoms with Crippen LogP contribution >= 0.6 is 0 Å². The number of rotatable bonds is 3. The maximum atomic E-state index is 11.7. The van der Waals surface area contributed by atoms with Gasteiger partial charge in [-0.25, -0.2) is 5.43 Å². The fourth-order valence-electron chi connectivity index (χ4n) is 1.42. The van der Waals surface area contributed by atoms with Gasteiger partial charge in [0.15, 0.2) is 0 Å². The van der Waals surface area contributed by atoms with Gasteiger partial charge in [-0.1, -0.05) is 12.1 Å². The summed E-state index contributed by atoms with van der Waals surface area (Å²) in [5.41, 5.74) is 9.88. The predicted octanol–water partition coefficient (Wildman–Crippen LogP) is 1.74. The quantitative estimate of drug-likeness (QED) is 0.443. The minimum absolute atomic E-state index is 0.113. The highest BCUT2D eigenvalue weighted by Crippen LogP contribution is 2.09. The molecule has 0 radical (unpaired) electrons. The van der Waals surface area contributed by atoms with E-state index in [1.807, 2.05) is 0 Å². The summed E-state index contributed by atoms with van der Waals surface area (Å²) in [6.07, 6.45) is 1.53. The number of hydrazone groups is 1. The number of nitrogens with zero attached hydrogens (tertiary/aromatic N) is 1. The van der Waals surface area contributed by atoms with Crippen LogP contribution in [0.2, 0.25) is 0 Å². The number of carbonyl (C=O) groups excluding carboxylic acids is 1. The molecule has 1 amide bonds. The molecule has 2 aromatic carbocycles. The van der Waals surface area contributed by atoms with Gasteiger partial charge >= 0.3 is 0 Å². The van der Waals surface area contributed by atoms with E-state index in [0.29, 0.717) is 11.3 Å². The van der Waals surface area contributed by atoms with Crippen molar-refractivity contribution in [1.82, 2.24) is 5.43 Å². The SMILES string of the molecule is Nc1ccc(/C=N/NC(=O)c2ccc(O)cc2)cc1. The Morgan fingerprint density at radius 2 is 1.74 bits per heavy atom. The minimum Gasteiger partial charge on any atom is -0.508 e. The summed E-state index contributed by atoms with van der Waals surface area (Å²) < 4.78 is 0. The van der Waals surface area contributed by atoms with Crippen molar-refractivity contribution in [1.29, 1.82) is 0 Å². The summed E-state index contributed by atoms with van der Waals surface area (Å²) in [5.74, 6) is -0.228. The van der Waals surface area contributed by atoms with Gasteiger partial charge in [-0.3, -0.25) is 4.79 Å². The first-order valence-corrected chi connectivity index (χ1v) is 5.63. The molecular formula is C14H13N3O2. The summed E-state index contributed by atoms with van der Waals surface area (Å²) in [6, 6.07) is 13.0. The molecule has 5 nitrogen and oxygen atoms in total. The number of phenols is 1. The average Bonchev–Trinajstić information content (AvgIpc) is 2.41. The lowest BCUT2D eigenvalue weighted by Crippen LogP contribution is -2.17. The van der Waals surface area contributed by atoms with Gasteiger partial charge in [0.2, 0.25) is 0 Å². The molecule has 0 saturated heterocycles. The van der Waals surface area contributed by atoms with Gasteiger partial charge in [-0.05, 0) is 42.0 Å². The fraction of sp³-hybridized carbons (Fsp3) is 0. The zero-order valence-corrected chi connectivity index (χ0v) is 10.1. The van der Waals surface area contributed by atoms with Crippen LogP contribution in [0.3, 0.4) is 0 Å². The first-order valence-electron chi connectivity index (χ1n) is 5.63. The summed E-state index contributed by atoms with van der Waals surface area (Å²) in [7, 11) is 0. The van der Waals surface area contributed by atoms with Gasteiger partial charge in [-0.15, -0.1) is 0 Å². The van der Waals surface area contributed by atoms with Crippen LogP contribution in [0.1, 0.15) is 15.9 Å². The maximum Gasteiger partial charge on any atom is 0.271 e. The van der Waals surface area contributed by atoms with Crippen LogP contribution in [0.15, 0.2) is 53.6 Å². The Morgan fingerprint density at radius 1 is 1.11 bits per heavy atom. The van der Waals surface area contributed by atoms with E-state index in [-0.39, 0.29) is 11.7 Å². The molecule has 0 bridgehead atoms. The number of anilines is 1. The maximum absolute atomic E-state index is 11.7. The summed E-state index contributed by atoms with van der Waals surface area (Å²) in [6.45, 7) is 0. The monoisotopic (exact) mass is 255 g/mol. The molecule has 0 unspecified atom stereocenters. The van der Waals surface area contributed by atoms with Crippen molar-refractivity contribution in [2.75, 3.05) is 5.73 Å². The lowest BCUT2D eigenvalue weighted by atomic mass is 10.2. The molecule has 0 aliphatic carbocycles. The van der Waals surface area contributed by atoms with Crippen molar-refractivity contribution >= 4 is 17.8 Å². The molecule has 0 saturated carbocycles. The first-order chi connectivity index (χ1) is 9.15. The van der Waals surface area contributed by atoms with Crippen molar-refractivity contribution in [2.45, 2.75) is 0 Å². The second kappa shape index (κ2) is 5.68. The van der Waals surface area contributed by atoms with Crippen LogP contribution in [-0.2, 0) is 0 Å². The van der Waals surface area contributed by atoms with Gasteiger partial charge in [0.05, 0.1) is 6.21 Å². The number of hydrogen-bond acceptors (Lipinski definition) is 4. The van der Waals surface area contributed by atoms with Crippen LogP contribution < -0.4 is 11.2 Å². The highest BCUT2D eigenvalue weighted by molar-refractivity contribution is 5.95. The zero-order valence-electron chi connectivity index (χ0n) is 10.1. The van der Waals surface area contributed by atoms with Crippen LogP contribution in [0.4, 0.5) is 5.69 Å². The largest absolute Gasteiger partial charge is 0.508 e. The number of nitrogens with two attached hydrogens (primary N) is 1. The van der Waals surface area contributed by atoms with E-state index in [0.717, 1.165) is 5.56 Å².